The lowest BCUT2D eigenvalue weighted by Crippen LogP contribution is -2.30. The van der Waals surface area contributed by atoms with E-state index in [4.69, 9.17) is 14.2 Å². The molecule has 0 heterocycles. The molecular weight excluding hydrogens is 757 g/mol. The van der Waals surface area contributed by atoms with Gasteiger partial charge in [-0.2, -0.15) is 0 Å². The first-order valence-corrected chi connectivity index (χ1v) is 24.1. The van der Waals surface area contributed by atoms with Gasteiger partial charge in [0.05, 0.1) is 0 Å². The van der Waals surface area contributed by atoms with Gasteiger partial charge in [-0.1, -0.05) is 187 Å². The quantitative estimate of drug-likeness (QED) is 0.0201. The van der Waals surface area contributed by atoms with Crippen molar-refractivity contribution in [3.05, 3.63) is 122 Å². The van der Waals surface area contributed by atoms with E-state index in [-0.39, 0.29) is 37.5 Å². The summed E-state index contributed by atoms with van der Waals surface area (Å²) < 4.78 is 16.7. The third-order valence-corrected chi connectivity index (χ3v) is 9.54. The Morgan fingerprint density at radius 2 is 0.672 bits per heavy atom. The molecule has 0 aromatic rings. The molecule has 0 aromatic heterocycles. The summed E-state index contributed by atoms with van der Waals surface area (Å²) in [7, 11) is 0. The summed E-state index contributed by atoms with van der Waals surface area (Å²) in [6.45, 7) is 6.18. The summed E-state index contributed by atoms with van der Waals surface area (Å²) in [5.41, 5.74) is 0. The fourth-order valence-corrected chi connectivity index (χ4v) is 6.01. The van der Waals surface area contributed by atoms with E-state index < -0.39 is 6.10 Å². The van der Waals surface area contributed by atoms with Crippen LogP contribution in [0.15, 0.2) is 122 Å². The molecule has 0 aliphatic rings. The first-order valence-electron chi connectivity index (χ1n) is 24.1. The Morgan fingerprint density at radius 1 is 0.344 bits per heavy atom. The Morgan fingerprint density at radius 3 is 1.15 bits per heavy atom. The number of unbranched alkanes of at least 4 members (excludes halogenated alkanes) is 13. The van der Waals surface area contributed by atoms with E-state index in [1.165, 1.54) is 12.8 Å². The van der Waals surface area contributed by atoms with Gasteiger partial charge in [0.1, 0.15) is 13.2 Å². The average molecular weight is 843 g/mol. The van der Waals surface area contributed by atoms with Crippen molar-refractivity contribution in [1.82, 2.24) is 0 Å². The Balaban J connectivity index is 4.52. The second-order valence-electron chi connectivity index (χ2n) is 15.3. The summed E-state index contributed by atoms with van der Waals surface area (Å²) in [5.74, 6) is -0.999. The van der Waals surface area contributed by atoms with Crippen LogP contribution in [0.1, 0.15) is 188 Å². The van der Waals surface area contributed by atoms with Crippen LogP contribution in [0.5, 0.6) is 0 Å². The molecule has 6 heteroatoms. The predicted molar refractivity (Wildman–Crippen MR) is 260 cm³/mol. The van der Waals surface area contributed by atoms with Gasteiger partial charge in [-0.25, -0.2) is 0 Å². The van der Waals surface area contributed by atoms with Gasteiger partial charge in [-0.05, 0) is 103 Å². The van der Waals surface area contributed by atoms with E-state index in [0.717, 1.165) is 135 Å². The molecule has 0 amide bonds. The highest BCUT2D eigenvalue weighted by molar-refractivity contribution is 5.71. The highest BCUT2D eigenvalue weighted by atomic mass is 16.6. The normalized spacial score (nSPS) is 13.2. The molecule has 6 nitrogen and oxygen atoms in total. The second-order valence-corrected chi connectivity index (χ2v) is 15.3. The Labute approximate surface area is 373 Å². The zero-order valence-electron chi connectivity index (χ0n) is 38.9. The lowest BCUT2D eigenvalue weighted by Gasteiger charge is -2.18. The van der Waals surface area contributed by atoms with Gasteiger partial charge < -0.3 is 14.2 Å². The van der Waals surface area contributed by atoms with Crippen LogP contribution < -0.4 is 0 Å². The fraction of sp³-hybridized carbons (Fsp3) is 0.582. The van der Waals surface area contributed by atoms with Crippen molar-refractivity contribution in [2.45, 2.75) is 194 Å². The van der Waals surface area contributed by atoms with Gasteiger partial charge in [0.2, 0.25) is 0 Å². The minimum Gasteiger partial charge on any atom is -0.462 e. The van der Waals surface area contributed by atoms with Gasteiger partial charge in [0.25, 0.3) is 0 Å². The molecule has 0 rings (SSSR count). The maximum absolute atomic E-state index is 12.8. The van der Waals surface area contributed by atoms with Crippen LogP contribution in [0, 0.1) is 0 Å². The van der Waals surface area contributed by atoms with Crippen molar-refractivity contribution in [3.8, 4) is 0 Å². The number of carbonyl (C=O) groups excluding carboxylic acids is 3. The first-order chi connectivity index (χ1) is 30.0. The molecule has 0 aliphatic heterocycles. The minimum atomic E-state index is -0.814. The highest BCUT2D eigenvalue weighted by Crippen LogP contribution is 2.12. The summed E-state index contributed by atoms with van der Waals surface area (Å²) >= 11 is 0. The van der Waals surface area contributed by atoms with E-state index in [2.05, 4.69) is 118 Å². The molecule has 0 saturated carbocycles. The molecule has 0 N–H and O–H groups in total. The van der Waals surface area contributed by atoms with Crippen molar-refractivity contribution in [1.29, 1.82) is 0 Å². The standard InChI is InChI=1S/C55H86O6/c1-4-7-10-13-16-19-22-25-27-29-30-33-36-39-42-45-48-54(57)60-51-52(50-59-53(56)47-44-41-38-35-32-24-21-18-15-12-9-6-3)61-55(58)49-46-43-40-37-34-31-28-26-23-20-17-14-11-8-5-2/h7-12,14,16-21,23,25-28,32,35,52H,4-6,13,15,22,24,29-31,33-34,36-51H2,1-3H3/b10-7-,11-8-,12-9-,17-14-,19-16-,21-18-,23-20-,27-25-,28-26-,35-32-. The summed E-state index contributed by atoms with van der Waals surface area (Å²) in [6.07, 6.45) is 66.1. The monoisotopic (exact) mass is 843 g/mol. The smallest absolute Gasteiger partial charge is 0.306 e. The maximum atomic E-state index is 12.8. The number of esters is 3. The topological polar surface area (TPSA) is 78.9 Å². The van der Waals surface area contributed by atoms with E-state index in [0.29, 0.717) is 12.8 Å². The number of ether oxygens (including phenoxy) is 3. The maximum Gasteiger partial charge on any atom is 0.306 e. The van der Waals surface area contributed by atoms with Crippen LogP contribution in [-0.2, 0) is 28.6 Å². The molecule has 61 heavy (non-hydrogen) atoms. The number of hydrogen-bond acceptors (Lipinski definition) is 6. The summed E-state index contributed by atoms with van der Waals surface area (Å²) in [4.78, 5) is 37.9. The molecule has 342 valence electrons. The highest BCUT2D eigenvalue weighted by Gasteiger charge is 2.19. The molecule has 1 atom stereocenters. The van der Waals surface area contributed by atoms with Gasteiger partial charge in [0, 0.05) is 19.3 Å². The van der Waals surface area contributed by atoms with E-state index in [1.54, 1.807) is 0 Å². The Hall–Kier alpha value is -4.19. The van der Waals surface area contributed by atoms with E-state index in [9.17, 15) is 14.4 Å². The number of carbonyl (C=O) groups is 3. The lowest BCUT2D eigenvalue weighted by atomic mass is 10.1. The van der Waals surface area contributed by atoms with Crippen LogP contribution in [0.3, 0.4) is 0 Å². The van der Waals surface area contributed by atoms with Gasteiger partial charge in [0.15, 0.2) is 6.10 Å². The van der Waals surface area contributed by atoms with Crippen molar-refractivity contribution in [2.24, 2.45) is 0 Å². The lowest BCUT2D eigenvalue weighted by molar-refractivity contribution is -0.167. The molecule has 1 unspecified atom stereocenters. The van der Waals surface area contributed by atoms with Gasteiger partial charge >= 0.3 is 17.9 Å². The number of rotatable bonds is 41. The zero-order chi connectivity index (χ0) is 44.4. The predicted octanol–water partition coefficient (Wildman–Crippen LogP) is 15.7. The van der Waals surface area contributed by atoms with E-state index >= 15 is 0 Å². The summed E-state index contributed by atoms with van der Waals surface area (Å²) in [5, 5.41) is 0. The zero-order valence-corrected chi connectivity index (χ0v) is 38.9. The second kappa shape index (κ2) is 48.5. The third kappa shape index (κ3) is 46.7. The van der Waals surface area contributed by atoms with E-state index in [1.807, 2.05) is 24.3 Å². The fourth-order valence-electron chi connectivity index (χ4n) is 6.01. The molecule has 0 fully saturated rings. The molecule has 0 radical (unpaired) electrons. The molecule has 0 saturated heterocycles. The van der Waals surface area contributed by atoms with Crippen LogP contribution in [0.25, 0.3) is 0 Å². The third-order valence-electron chi connectivity index (χ3n) is 9.54. The molecular formula is C55H86O6. The Bertz CT molecular complexity index is 1340. The minimum absolute atomic E-state index is 0.111. The van der Waals surface area contributed by atoms with Crippen molar-refractivity contribution < 1.29 is 28.6 Å². The van der Waals surface area contributed by atoms with Gasteiger partial charge in [-0.3, -0.25) is 14.4 Å². The molecule has 0 aromatic carbocycles. The molecule has 0 aliphatic carbocycles. The SMILES string of the molecule is CC\C=C/C=C\C=C/C=C\CCCCCCCC(=O)OC(COC(=O)CCCC/C=C\C/C=C\C/C=C\CC)COC(=O)CCCCCCCC/C=C\C/C=C\C/C=C\CC. The first kappa shape index (κ1) is 56.8. The van der Waals surface area contributed by atoms with Gasteiger partial charge in [-0.15, -0.1) is 0 Å². The largest absolute Gasteiger partial charge is 0.462 e. The van der Waals surface area contributed by atoms with Crippen LogP contribution in [0.4, 0.5) is 0 Å². The number of allylic oxidation sites excluding steroid dienone is 20. The van der Waals surface area contributed by atoms with Crippen LogP contribution >= 0.6 is 0 Å². The van der Waals surface area contributed by atoms with Crippen molar-refractivity contribution >= 4 is 17.9 Å². The van der Waals surface area contributed by atoms with Crippen molar-refractivity contribution in [3.63, 3.8) is 0 Å². The summed E-state index contributed by atoms with van der Waals surface area (Å²) in [6, 6.07) is 0. The average Bonchev–Trinajstić information content (AvgIpc) is 3.26. The molecule has 0 bridgehead atoms. The van der Waals surface area contributed by atoms with Crippen molar-refractivity contribution in [2.75, 3.05) is 13.2 Å². The molecule has 0 spiro atoms. The van der Waals surface area contributed by atoms with Crippen LogP contribution in [-0.4, -0.2) is 37.2 Å². The Kier molecular flexibility index (Phi) is 45.1. The van der Waals surface area contributed by atoms with Crippen LogP contribution in [0.2, 0.25) is 0 Å². The number of hydrogen-bond donors (Lipinski definition) is 0.